The smallest absolute Gasteiger partial charge is 0.227 e. The van der Waals surface area contributed by atoms with E-state index in [2.05, 4.69) is 5.32 Å². The van der Waals surface area contributed by atoms with Crippen LogP contribution >= 0.6 is 0 Å². The van der Waals surface area contributed by atoms with Crippen molar-refractivity contribution in [3.63, 3.8) is 0 Å². The van der Waals surface area contributed by atoms with Gasteiger partial charge in [-0.2, -0.15) is 5.26 Å². The first-order valence-corrected chi connectivity index (χ1v) is 5.63. The largest absolute Gasteiger partial charge is 0.495 e. The molecule has 4 heteroatoms. The van der Waals surface area contributed by atoms with E-state index in [4.69, 9.17) is 10.00 Å². The lowest BCUT2D eigenvalue weighted by Crippen LogP contribution is -2.28. The average molecular weight is 230 g/mol. The first kappa shape index (κ1) is 11.5. The zero-order valence-electron chi connectivity index (χ0n) is 9.69. The molecule has 1 aromatic rings. The Hall–Kier alpha value is -2.02. The van der Waals surface area contributed by atoms with E-state index >= 15 is 0 Å². The molecule has 0 unspecified atom stereocenters. The first-order chi connectivity index (χ1) is 8.24. The lowest BCUT2D eigenvalue weighted by Gasteiger charge is -2.24. The molecule has 17 heavy (non-hydrogen) atoms. The van der Waals surface area contributed by atoms with E-state index in [1.807, 2.05) is 6.07 Å². The van der Waals surface area contributed by atoms with E-state index in [1.165, 1.54) is 7.11 Å². The minimum atomic E-state index is 0.0410. The molecular weight excluding hydrogens is 216 g/mol. The van der Waals surface area contributed by atoms with Gasteiger partial charge < -0.3 is 10.1 Å². The second-order valence-electron chi connectivity index (χ2n) is 4.14. The number of nitrogens with zero attached hydrogens (tertiary/aromatic N) is 1. The van der Waals surface area contributed by atoms with Gasteiger partial charge in [-0.15, -0.1) is 0 Å². The maximum Gasteiger partial charge on any atom is 0.227 e. The molecule has 4 nitrogen and oxygen atoms in total. The van der Waals surface area contributed by atoms with Crippen LogP contribution in [-0.4, -0.2) is 13.0 Å². The third-order valence-corrected chi connectivity index (χ3v) is 3.06. The highest BCUT2D eigenvalue weighted by molar-refractivity contribution is 5.94. The van der Waals surface area contributed by atoms with Gasteiger partial charge in [0.15, 0.2) is 0 Å². The molecule has 1 amide bonds. The van der Waals surface area contributed by atoms with Gasteiger partial charge in [0.1, 0.15) is 5.75 Å². The van der Waals surface area contributed by atoms with E-state index in [0.717, 1.165) is 19.3 Å². The van der Waals surface area contributed by atoms with Gasteiger partial charge in [0.2, 0.25) is 5.91 Å². The topological polar surface area (TPSA) is 62.1 Å². The molecule has 2 rings (SSSR count). The summed E-state index contributed by atoms with van der Waals surface area (Å²) >= 11 is 0. The SMILES string of the molecule is COc1cc(C#N)ccc1NC(=O)C1CCC1. The summed E-state index contributed by atoms with van der Waals surface area (Å²) in [4.78, 5) is 11.8. The van der Waals surface area contributed by atoms with E-state index < -0.39 is 0 Å². The summed E-state index contributed by atoms with van der Waals surface area (Å²) in [6.07, 6.45) is 3.05. The molecule has 1 saturated carbocycles. The van der Waals surface area contributed by atoms with Gasteiger partial charge in [0, 0.05) is 12.0 Å². The van der Waals surface area contributed by atoms with Crippen LogP contribution < -0.4 is 10.1 Å². The monoisotopic (exact) mass is 230 g/mol. The predicted octanol–water partition coefficient (Wildman–Crippen LogP) is 2.31. The second kappa shape index (κ2) is 4.88. The van der Waals surface area contributed by atoms with Gasteiger partial charge in [0.05, 0.1) is 24.4 Å². The molecule has 1 aliphatic rings. The standard InChI is InChI=1S/C13H14N2O2/c1-17-12-7-9(8-14)5-6-11(12)15-13(16)10-3-2-4-10/h5-7,10H,2-4H2,1H3,(H,15,16). The summed E-state index contributed by atoms with van der Waals surface area (Å²) in [5, 5.41) is 11.6. The van der Waals surface area contributed by atoms with Crippen molar-refractivity contribution in [3.8, 4) is 11.8 Å². The number of hydrogen-bond acceptors (Lipinski definition) is 3. The summed E-state index contributed by atoms with van der Waals surface area (Å²) in [6.45, 7) is 0. The van der Waals surface area contributed by atoms with Crippen LogP contribution in [0.15, 0.2) is 18.2 Å². The van der Waals surface area contributed by atoms with E-state index in [0.29, 0.717) is 17.0 Å². The van der Waals surface area contributed by atoms with Crippen molar-refractivity contribution in [2.24, 2.45) is 5.92 Å². The van der Waals surface area contributed by atoms with Crippen molar-refractivity contribution in [3.05, 3.63) is 23.8 Å². The summed E-state index contributed by atoms with van der Waals surface area (Å²) in [7, 11) is 1.52. The van der Waals surface area contributed by atoms with Crippen LogP contribution in [-0.2, 0) is 4.79 Å². The van der Waals surface area contributed by atoms with E-state index in [1.54, 1.807) is 18.2 Å². The maximum absolute atomic E-state index is 11.8. The highest BCUT2D eigenvalue weighted by Crippen LogP contribution is 2.30. The van der Waals surface area contributed by atoms with Crippen LogP contribution in [0.3, 0.4) is 0 Å². The van der Waals surface area contributed by atoms with Gasteiger partial charge >= 0.3 is 0 Å². The van der Waals surface area contributed by atoms with Crippen molar-refractivity contribution < 1.29 is 9.53 Å². The Bertz CT molecular complexity index is 473. The molecule has 1 aromatic carbocycles. The molecule has 88 valence electrons. The third-order valence-electron chi connectivity index (χ3n) is 3.06. The van der Waals surface area contributed by atoms with E-state index in [-0.39, 0.29) is 11.8 Å². The number of nitrogens with one attached hydrogen (secondary N) is 1. The van der Waals surface area contributed by atoms with Gasteiger partial charge in [-0.05, 0) is 25.0 Å². The van der Waals surface area contributed by atoms with Crippen LogP contribution in [0, 0.1) is 17.2 Å². The van der Waals surface area contributed by atoms with Gasteiger partial charge in [-0.1, -0.05) is 6.42 Å². The van der Waals surface area contributed by atoms with Crippen molar-refractivity contribution in [2.45, 2.75) is 19.3 Å². The van der Waals surface area contributed by atoms with Gasteiger partial charge in [-0.3, -0.25) is 4.79 Å². The predicted molar refractivity (Wildman–Crippen MR) is 63.7 cm³/mol. The molecule has 0 atom stereocenters. The molecule has 0 spiro atoms. The van der Waals surface area contributed by atoms with Crippen molar-refractivity contribution in [1.29, 1.82) is 5.26 Å². The zero-order chi connectivity index (χ0) is 12.3. The Balaban J connectivity index is 2.14. The summed E-state index contributed by atoms with van der Waals surface area (Å²) in [5.74, 6) is 0.700. The van der Waals surface area contributed by atoms with Crippen molar-refractivity contribution in [2.75, 3.05) is 12.4 Å². The molecule has 1 N–H and O–H groups in total. The number of amides is 1. The summed E-state index contributed by atoms with van der Waals surface area (Å²) in [6, 6.07) is 7.02. The number of anilines is 1. The highest BCUT2D eigenvalue weighted by atomic mass is 16.5. The van der Waals surface area contributed by atoms with Gasteiger partial charge in [0.25, 0.3) is 0 Å². The Labute approximate surface area is 100 Å². The second-order valence-corrected chi connectivity index (χ2v) is 4.14. The summed E-state index contributed by atoms with van der Waals surface area (Å²) < 4.78 is 5.15. The number of hydrogen-bond donors (Lipinski definition) is 1. The minimum Gasteiger partial charge on any atom is -0.495 e. The molecule has 0 radical (unpaired) electrons. The fourth-order valence-corrected chi connectivity index (χ4v) is 1.77. The zero-order valence-corrected chi connectivity index (χ0v) is 9.69. The quantitative estimate of drug-likeness (QED) is 0.866. The van der Waals surface area contributed by atoms with Crippen molar-refractivity contribution >= 4 is 11.6 Å². The average Bonchev–Trinajstić information content (AvgIpc) is 2.27. The molecule has 1 aliphatic carbocycles. The Morgan fingerprint density at radius 2 is 2.29 bits per heavy atom. The summed E-state index contributed by atoms with van der Waals surface area (Å²) in [5.41, 5.74) is 1.15. The normalized spacial score (nSPS) is 14.6. The lowest BCUT2D eigenvalue weighted by atomic mass is 9.85. The number of carbonyl (C=O) groups excluding carboxylic acids is 1. The van der Waals surface area contributed by atoms with Gasteiger partial charge in [-0.25, -0.2) is 0 Å². The third kappa shape index (κ3) is 2.39. The number of carbonyl (C=O) groups is 1. The number of nitriles is 1. The van der Waals surface area contributed by atoms with Crippen LogP contribution in [0.25, 0.3) is 0 Å². The van der Waals surface area contributed by atoms with Crippen LogP contribution in [0.1, 0.15) is 24.8 Å². The van der Waals surface area contributed by atoms with Crippen molar-refractivity contribution in [1.82, 2.24) is 0 Å². The maximum atomic E-state index is 11.8. The molecule has 0 aliphatic heterocycles. The Morgan fingerprint density at radius 3 is 2.82 bits per heavy atom. The van der Waals surface area contributed by atoms with Crippen LogP contribution in [0.4, 0.5) is 5.69 Å². The molecule has 0 heterocycles. The highest BCUT2D eigenvalue weighted by Gasteiger charge is 2.25. The molecular formula is C13H14N2O2. The molecule has 0 bridgehead atoms. The number of benzene rings is 1. The Kier molecular flexibility index (Phi) is 3.29. The first-order valence-electron chi connectivity index (χ1n) is 5.63. The lowest BCUT2D eigenvalue weighted by molar-refractivity contribution is -0.122. The molecule has 0 saturated heterocycles. The fraction of sp³-hybridized carbons (Fsp3) is 0.385. The fourth-order valence-electron chi connectivity index (χ4n) is 1.77. The number of ether oxygens (including phenoxy) is 1. The minimum absolute atomic E-state index is 0.0410. The van der Waals surface area contributed by atoms with E-state index in [9.17, 15) is 4.79 Å². The number of methoxy groups -OCH3 is 1. The van der Waals surface area contributed by atoms with Crippen LogP contribution in [0.5, 0.6) is 5.75 Å². The molecule has 0 aromatic heterocycles. The van der Waals surface area contributed by atoms with Crippen LogP contribution in [0.2, 0.25) is 0 Å². The Morgan fingerprint density at radius 1 is 1.53 bits per heavy atom. The number of rotatable bonds is 3. The molecule has 1 fully saturated rings.